The van der Waals surface area contributed by atoms with Gasteiger partial charge in [0.25, 0.3) is 0 Å². The Morgan fingerprint density at radius 2 is 0.208 bits per heavy atom. The van der Waals surface area contributed by atoms with Crippen LogP contribution < -0.4 is 0 Å². The number of aliphatic hydroxyl groups is 18. The van der Waals surface area contributed by atoms with Crippen LogP contribution in [0, 0.1) is 0 Å². The molecule has 0 bridgehead atoms. The predicted molar refractivity (Wildman–Crippen MR) is 478 cm³/mol. The second-order valence-corrected chi connectivity index (χ2v) is 29.9. The zero-order chi connectivity index (χ0) is 93.8. The highest BCUT2D eigenvalue weighted by Gasteiger charge is 2.04. The van der Waals surface area contributed by atoms with Crippen molar-refractivity contribution in [3.8, 4) is 0 Å². The summed E-state index contributed by atoms with van der Waals surface area (Å²) in [6.45, 7) is 8.99. The van der Waals surface area contributed by atoms with Crippen molar-refractivity contribution in [2.75, 3.05) is 79.3 Å². The minimum absolute atomic E-state index is 0.343. The number of rotatable bonds is 72. The summed E-state index contributed by atoms with van der Waals surface area (Å²) in [5.41, 5.74) is 0. The van der Waals surface area contributed by atoms with Crippen LogP contribution in [-0.2, 0) is 28.8 Å². The van der Waals surface area contributed by atoms with E-state index in [1.807, 2.05) is 0 Å². The second kappa shape index (κ2) is 138. The smallest absolute Gasteiger partial charge is 0.303 e. The SMILES string of the molecule is CCCCCCCCCCCC(=O)O.CCCCCCCCCCCC(=O)O.CCCCCCCCCCCC(=O)O.CCCCCCCCCCCC(=O)O.CCCCCCCCCCCC(=O)O.CCCCCCCCCCCC(=O)O.OCC(O)CO.OCC(O)CO.OCC(O)CO.OCC(O)CO.OCC(O)CO.OCC(O)CO. The summed E-state index contributed by atoms with van der Waals surface area (Å²) in [4.78, 5) is 61.2. The molecule has 0 atom stereocenters. The molecule has 0 heterocycles. The Morgan fingerprint density at radius 1 is 0.142 bits per heavy atom. The monoisotopic (exact) mass is 1750 g/mol. The number of carboxylic acids is 6. The molecule has 0 saturated heterocycles. The standard InChI is InChI=1S/6C12H24O2.6C3H8O3/c6*1-2-3-4-5-6-7-8-9-10-11-12(13)14;6*4-1-3(6)2-5/h6*2-11H2,1H3,(H,13,14);6*3-6H,1-2H2. The maximum absolute atomic E-state index is 10.2. The molecule has 0 radical (unpaired) electrons. The van der Waals surface area contributed by atoms with Crippen molar-refractivity contribution in [1.82, 2.24) is 0 Å². The van der Waals surface area contributed by atoms with E-state index in [0.717, 1.165) is 77.0 Å². The van der Waals surface area contributed by atoms with Crippen molar-refractivity contribution in [1.29, 1.82) is 0 Å². The van der Waals surface area contributed by atoms with Gasteiger partial charge in [0.1, 0.15) is 36.6 Å². The molecule has 0 aromatic heterocycles. The first-order chi connectivity index (χ1) is 57.5. The number of hydrogen-bond acceptors (Lipinski definition) is 24. The molecule has 0 saturated carbocycles. The van der Waals surface area contributed by atoms with Gasteiger partial charge >= 0.3 is 35.8 Å². The van der Waals surface area contributed by atoms with E-state index in [0.29, 0.717) is 38.5 Å². The summed E-state index contributed by atoms with van der Waals surface area (Å²) in [5.74, 6) is -3.96. The Labute approximate surface area is 726 Å². The summed E-state index contributed by atoms with van der Waals surface area (Å²) in [6.07, 6.45) is 63.1. The van der Waals surface area contributed by atoms with Crippen LogP contribution in [0.5, 0.6) is 0 Å². The Hall–Kier alpha value is -3.90. The van der Waals surface area contributed by atoms with E-state index in [9.17, 15) is 28.8 Å². The van der Waals surface area contributed by atoms with Gasteiger partial charge in [0, 0.05) is 38.5 Å². The van der Waals surface area contributed by atoms with Crippen LogP contribution in [0.25, 0.3) is 0 Å². The van der Waals surface area contributed by atoms with Crippen LogP contribution in [0.2, 0.25) is 0 Å². The van der Waals surface area contributed by atoms with Crippen LogP contribution in [-0.4, -0.2) is 274 Å². The molecule has 120 heavy (non-hydrogen) atoms. The highest BCUT2D eigenvalue weighted by Crippen LogP contribution is 2.16. The van der Waals surface area contributed by atoms with Crippen LogP contribution in [0.15, 0.2) is 0 Å². The van der Waals surface area contributed by atoms with Gasteiger partial charge in [-0.1, -0.05) is 350 Å². The molecule has 0 aliphatic rings. The van der Waals surface area contributed by atoms with Crippen LogP contribution in [0.4, 0.5) is 0 Å². The molecule has 0 spiro atoms. The number of aliphatic carboxylic acids is 6. The van der Waals surface area contributed by atoms with Gasteiger partial charge in [-0.15, -0.1) is 0 Å². The van der Waals surface area contributed by atoms with Crippen molar-refractivity contribution in [3.05, 3.63) is 0 Å². The Kier molecular flexibility index (Phi) is 164. The lowest BCUT2D eigenvalue weighted by Crippen LogP contribution is -2.15. The fraction of sp³-hybridized carbons (Fsp3) is 0.933. The normalized spacial score (nSPS) is 10.2. The van der Waals surface area contributed by atoms with Crippen LogP contribution in [0.1, 0.15) is 427 Å². The minimum Gasteiger partial charge on any atom is -0.481 e. The fourth-order valence-electron chi connectivity index (χ4n) is 9.87. The van der Waals surface area contributed by atoms with Crippen molar-refractivity contribution in [3.63, 3.8) is 0 Å². The third kappa shape index (κ3) is 197. The third-order valence-corrected chi connectivity index (χ3v) is 17.5. The zero-order valence-corrected chi connectivity index (χ0v) is 76.6. The van der Waals surface area contributed by atoms with Crippen molar-refractivity contribution >= 4 is 35.8 Å². The average molecular weight is 1750 g/mol. The lowest BCUT2D eigenvalue weighted by atomic mass is 10.1. The first kappa shape index (κ1) is 142. The number of aliphatic hydroxyl groups excluding tert-OH is 18. The van der Waals surface area contributed by atoms with Crippen molar-refractivity contribution in [2.45, 2.75) is 463 Å². The minimum atomic E-state index is -0.954. The molecule has 0 aliphatic carbocycles. The highest BCUT2D eigenvalue weighted by molar-refractivity contribution is 5.68. The molecule has 0 unspecified atom stereocenters. The lowest BCUT2D eigenvalue weighted by Gasteiger charge is -2.00. The number of carboxylic acid groups (broad SMARTS) is 6. The molecule has 732 valence electrons. The number of carbonyl (C=O) groups is 6. The van der Waals surface area contributed by atoms with Crippen LogP contribution >= 0.6 is 0 Å². The number of hydrogen-bond donors (Lipinski definition) is 24. The summed E-state index contributed by atoms with van der Waals surface area (Å²) in [5, 5.41) is 195. The molecule has 0 aliphatic heterocycles. The Morgan fingerprint density at radius 3 is 0.258 bits per heavy atom. The summed E-state index contributed by atoms with van der Waals surface area (Å²) in [7, 11) is 0. The van der Waals surface area contributed by atoms with Gasteiger partial charge in [0.2, 0.25) is 0 Å². The maximum Gasteiger partial charge on any atom is 0.303 e. The van der Waals surface area contributed by atoms with Crippen molar-refractivity contribution < 1.29 is 151 Å². The van der Waals surface area contributed by atoms with E-state index in [1.54, 1.807) is 0 Å². The van der Waals surface area contributed by atoms with Gasteiger partial charge in [0.05, 0.1) is 79.3 Å². The van der Waals surface area contributed by atoms with E-state index in [1.165, 1.54) is 270 Å². The molecular formula is C90H192O30. The Balaban J connectivity index is -0.000000108. The van der Waals surface area contributed by atoms with E-state index in [4.69, 9.17) is 123 Å². The van der Waals surface area contributed by atoms with Crippen molar-refractivity contribution in [2.24, 2.45) is 0 Å². The van der Waals surface area contributed by atoms with Gasteiger partial charge in [-0.3, -0.25) is 28.8 Å². The summed E-state index contributed by atoms with van der Waals surface area (Å²) in [6, 6.07) is 0. The van der Waals surface area contributed by atoms with E-state index >= 15 is 0 Å². The zero-order valence-electron chi connectivity index (χ0n) is 76.6. The predicted octanol–water partition coefficient (Wildman–Crippen LogP) is 13.9. The second-order valence-electron chi connectivity index (χ2n) is 29.9. The molecule has 0 fully saturated rings. The van der Waals surface area contributed by atoms with E-state index in [-0.39, 0.29) is 79.3 Å². The quantitative estimate of drug-likeness (QED) is 0.0251. The van der Waals surface area contributed by atoms with Gasteiger partial charge < -0.3 is 123 Å². The molecule has 30 nitrogen and oxygen atoms in total. The van der Waals surface area contributed by atoms with E-state index in [2.05, 4.69) is 41.5 Å². The first-order valence-electron chi connectivity index (χ1n) is 46.2. The fourth-order valence-corrected chi connectivity index (χ4v) is 9.87. The van der Waals surface area contributed by atoms with Crippen LogP contribution in [0.3, 0.4) is 0 Å². The van der Waals surface area contributed by atoms with Gasteiger partial charge in [-0.05, 0) is 38.5 Å². The molecule has 24 N–H and O–H groups in total. The molecule has 30 heteroatoms. The highest BCUT2D eigenvalue weighted by atomic mass is 16.4. The van der Waals surface area contributed by atoms with Gasteiger partial charge in [-0.25, -0.2) is 0 Å². The van der Waals surface area contributed by atoms with Gasteiger partial charge in [0.15, 0.2) is 0 Å². The first-order valence-corrected chi connectivity index (χ1v) is 46.2. The maximum atomic E-state index is 10.2. The average Bonchev–Trinajstić information content (AvgIpc) is 1.17. The molecule has 0 rings (SSSR count). The third-order valence-electron chi connectivity index (χ3n) is 17.5. The topological polar surface area (TPSA) is 588 Å². The molecular weight excluding hydrogens is 1560 g/mol. The summed E-state index contributed by atoms with van der Waals surface area (Å²) >= 11 is 0. The molecule has 0 aromatic carbocycles. The molecule has 0 amide bonds. The Bertz CT molecular complexity index is 1480. The van der Waals surface area contributed by atoms with E-state index < -0.39 is 72.4 Å². The molecule has 0 aromatic rings. The lowest BCUT2D eigenvalue weighted by molar-refractivity contribution is -0.138. The largest absolute Gasteiger partial charge is 0.481 e. The summed E-state index contributed by atoms with van der Waals surface area (Å²) < 4.78 is 0. The van der Waals surface area contributed by atoms with Gasteiger partial charge in [-0.2, -0.15) is 0 Å². The number of unbranched alkanes of at least 4 members (excludes halogenated alkanes) is 48.